The Labute approximate surface area is 115 Å². The Hall–Kier alpha value is -1.35. The molecule has 0 spiro atoms. The zero-order chi connectivity index (χ0) is 13.5. The second-order valence-electron chi connectivity index (χ2n) is 5.43. The lowest BCUT2D eigenvalue weighted by Gasteiger charge is -2.21. The molecule has 0 saturated heterocycles. The number of nitrogens with one attached hydrogen (secondary N) is 1. The molecular weight excluding hydrogens is 238 g/mol. The van der Waals surface area contributed by atoms with Crippen molar-refractivity contribution in [2.24, 2.45) is 0 Å². The maximum absolute atomic E-state index is 10.9. The van der Waals surface area contributed by atoms with Gasteiger partial charge in [0.05, 0.1) is 5.56 Å². The van der Waals surface area contributed by atoms with Crippen LogP contribution in [-0.2, 0) is 6.54 Å². The highest BCUT2D eigenvalue weighted by atomic mass is 16.4. The fraction of sp³-hybridized carbons (Fsp3) is 0.562. The van der Waals surface area contributed by atoms with Gasteiger partial charge in [0.15, 0.2) is 0 Å². The minimum absolute atomic E-state index is 0.372. The molecule has 0 unspecified atom stereocenters. The molecule has 19 heavy (non-hydrogen) atoms. The van der Waals surface area contributed by atoms with E-state index in [9.17, 15) is 4.79 Å². The molecule has 2 rings (SSSR count). The van der Waals surface area contributed by atoms with Gasteiger partial charge in [0.1, 0.15) is 0 Å². The summed E-state index contributed by atoms with van der Waals surface area (Å²) in [5.41, 5.74) is 1.43. The summed E-state index contributed by atoms with van der Waals surface area (Å²) < 4.78 is 0. The molecule has 2 N–H and O–H groups in total. The quantitative estimate of drug-likeness (QED) is 0.870. The van der Waals surface area contributed by atoms with E-state index in [0.717, 1.165) is 12.1 Å². The van der Waals surface area contributed by atoms with Crippen LogP contribution in [0.15, 0.2) is 24.3 Å². The Morgan fingerprint density at radius 3 is 2.53 bits per heavy atom. The van der Waals surface area contributed by atoms with Crippen LogP contribution in [0.25, 0.3) is 0 Å². The highest BCUT2D eigenvalue weighted by Gasteiger charge is 2.11. The lowest BCUT2D eigenvalue weighted by Crippen LogP contribution is -2.29. The number of hydrogen-bond acceptors (Lipinski definition) is 2. The summed E-state index contributed by atoms with van der Waals surface area (Å²) in [7, 11) is 0. The largest absolute Gasteiger partial charge is 0.478 e. The van der Waals surface area contributed by atoms with Crippen molar-refractivity contribution in [3.8, 4) is 0 Å². The van der Waals surface area contributed by atoms with Crippen molar-refractivity contribution in [3.63, 3.8) is 0 Å². The number of carboxylic acid groups (broad SMARTS) is 1. The van der Waals surface area contributed by atoms with Crippen LogP contribution in [0.4, 0.5) is 0 Å². The topological polar surface area (TPSA) is 49.3 Å². The molecule has 0 radical (unpaired) electrons. The Bertz CT molecular complexity index is 409. The van der Waals surface area contributed by atoms with Crippen molar-refractivity contribution in [2.75, 3.05) is 0 Å². The Morgan fingerprint density at radius 1 is 1.16 bits per heavy atom. The van der Waals surface area contributed by atoms with Crippen LogP contribution in [0.5, 0.6) is 0 Å². The molecule has 0 amide bonds. The fourth-order valence-electron chi connectivity index (χ4n) is 2.74. The maximum atomic E-state index is 10.9. The van der Waals surface area contributed by atoms with Gasteiger partial charge in [-0.05, 0) is 30.5 Å². The SMILES string of the molecule is O=C(O)c1cccc(CNC2CCCCCCC2)c1. The first kappa shape index (κ1) is 14.1. The molecule has 1 aromatic carbocycles. The number of benzene rings is 1. The van der Waals surface area contributed by atoms with Gasteiger partial charge in [0, 0.05) is 12.6 Å². The molecular formula is C16H23NO2. The minimum atomic E-state index is -0.854. The average Bonchev–Trinajstić information content (AvgIpc) is 2.38. The second-order valence-corrected chi connectivity index (χ2v) is 5.43. The van der Waals surface area contributed by atoms with Gasteiger partial charge in [0.25, 0.3) is 0 Å². The molecule has 0 heterocycles. The van der Waals surface area contributed by atoms with E-state index in [-0.39, 0.29) is 0 Å². The van der Waals surface area contributed by atoms with Crippen molar-refractivity contribution in [1.82, 2.24) is 5.32 Å². The molecule has 0 bridgehead atoms. The van der Waals surface area contributed by atoms with Crippen LogP contribution in [0.1, 0.15) is 60.9 Å². The van der Waals surface area contributed by atoms with Gasteiger partial charge in [-0.25, -0.2) is 4.79 Å². The van der Waals surface area contributed by atoms with Crippen molar-refractivity contribution in [1.29, 1.82) is 0 Å². The molecule has 1 fully saturated rings. The molecule has 1 saturated carbocycles. The van der Waals surface area contributed by atoms with Crippen LogP contribution in [-0.4, -0.2) is 17.1 Å². The van der Waals surface area contributed by atoms with Crippen molar-refractivity contribution in [3.05, 3.63) is 35.4 Å². The lowest BCUT2D eigenvalue weighted by molar-refractivity contribution is 0.0696. The van der Waals surface area contributed by atoms with Crippen LogP contribution in [0.3, 0.4) is 0 Å². The van der Waals surface area contributed by atoms with E-state index < -0.39 is 5.97 Å². The molecule has 1 aromatic rings. The molecule has 3 nitrogen and oxygen atoms in total. The van der Waals surface area contributed by atoms with E-state index in [0.29, 0.717) is 11.6 Å². The predicted molar refractivity (Wildman–Crippen MR) is 76.3 cm³/mol. The summed E-state index contributed by atoms with van der Waals surface area (Å²) in [6.45, 7) is 0.770. The fourth-order valence-corrected chi connectivity index (χ4v) is 2.74. The van der Waals surface area contributed by atoms with E-state index in [1.54, 1.807) is 12.1 Å². The maximum Gasteiger partial charge on any atom is 0.335 e. The normalized spacial score (nSPS) is 17.7. The Kier molecular flexibility index (Phi) is 5.40. The highest BCUT2D eigenvalue weighted by molar-refractivity contribution is 5.87. The van der Waals surface area contributed by atoms with Crippen molar-refractivity contribution < 1.29 is 9.90 Å². The first-order valence-corrected chi connectivity index (χ1v) is 7.31. The van der Waals surface area contributed by atoms with Gasteiger partial charge in [-0.3, -0.25) is 0 Å². The lowest BCUT2D eigenvalue weighted by atomic mass is 9.96. The monoisotopic (exact) mass is 261 g/mol. The number of carboxylic acids is 1. The van der Waals surface area contributed by atoms with Gasteiger partial charge >= 0.3 is 5.97 Å². The van der Waals surface area contributed by atoms with Gasteiger partial charge in [-0.15, -0.1) is 0 Å². The van der Waals surface area contributed by atoms with Crippen molar-refractivity contribution >= 4 is 5.97 Å². The molecule has 0 atom stereocenters. The van der Waals surface area contributed by atoms with Crippen LogP contribution in [0.2, 0.25) is 0 Å². The molecule has 0 aliphatic heterocycles. The molecule has 3 heteroatoms. The molecule has 104 valence electrons. The summed E-state index contributed by atoms with van der Waals surface area (Å²) in [6, 6.07) is 7.80. The van der Waals surface area contributed by atoms with Crippen molar-refractivity contribution in [2.45, 2.75) is 57.5 Å². The van der Waals surface area contributed by atoms with Crippen LogP contribution < -0.4 is 5.32 Å². The smallest absolute Gasteiger partial charge is 0.335 e. The third-order valence-electron chi connectivity index (χ3n) is 3.87. The van der Waals surface area contributed by atoms with E-state index in [2.05, 4.69) is 5.32 Å². The predicted octanol–water partition coefficient (Wildman–Crippen LogP) is 3.59. The van der Waals surface area contributed by atoms with E-state index in [4.69, 9.17) is 5.11 Å². The highest BCUT2D eigenvalue weighted by Crippen LogP contribution is 2.17. The van der Waals surface area contributed by atoms with Gasteiger partial charge in [-0.1, -0.05) is 44.2 Å². The number of aromatic carboxylic acids is 1. The zero-order valence-corrected chi connectivity index (χ0v) is 11.4. The van der Waals surface area contributed by atoms with Gasteiger partial charge in [0.2, 0.25) is 0 Å². The number of hydrogen-bond donors (Lipinski definition) is 2. The van der Waals surface area contributed by atoms with Gasteiger partial charge < -0.3 is 10.4 Å². The molecule has 1 aliphatic rings. The molecule has 1 aliphatic carbocycles. The molecule has 0 aromatic heterocycles. The third-order valence-corrected chi connectivity index (χ3v) is 3.87. The standard InChI is InChI=1S/C16H23NO2/c18-16(19)14-8-6-7-13(11-14)12-17-15-9-4-2-1-3-5-10-15/h6-8,11,15,17H,1-5,9-10,12H2,(H,18,19). The van der Waals surface area contributed by atoms with Gasteiger partial charge in [-0.2, -0.15) is 0 Å². The summed E-state index contributed by atoms with van der Waals surface area (Å²) in [5.74, 6) is -0.854. The first-order valence-electron chi connectivity index (χ1n) is 7.31. The Morgan fingerprint density at radius 2 is 1.84 bits per heavy atom. The number of carbonyl (C=O) groups is 1. The van der Waals surface area contributed by atoms with Crippen LogP contribution in [0, 0.1) is 0 Å². The van der Waals surface area contributed by atoms with E-state index >= 15 is 0 Å². The summed E-state index contributed by atoms with van der Waals surface area (Å²) in [4.78, 5) is 10.9. The minimum Gasteiger partial charge on any atom is -0.478 e. The summed E-state index contributed by atoms with van der Waals surface area (Å²) in [6.07, 6.45) is 9.21. The Balaban J connectivity index is 1.86. The summed E-state index contributed by atoms with van der Waals surface area (Å²) in [5, 5.41) is 12.6. The average molecular weight is 261 g/mol. The second kappa shape index (κ2) is 7.29. The zero-order valence-electron chi connectivity index (χ0n) is 11.4. The third kappa shape index (κ3) is 4.67. The first-order chi connectivity index (χ1) is 9.25. The van der Waals surface area contributed by atoms with Crippen LogP contribution >= 0.6 is 0 Å². The van der Waals surface area contributed by atoms with E-state index in [1.807, 2.05) is 12.1 Å². The van der Waals surface area contributed by atoms with E-state index in [1.165, 1.54) is 44.9 Å². The number of rotatable bonds is 4. The summed E-state index contributed by atoms with van der Waals surface area (Å²) >= 11 is 0.